The second kappa shape index (κ2) is 7.34. The highest BCUT2D eigenvalue weighted by Gasteiger charge is 2.12. The average Bonchev–Trinajstić information content (AvgIpc) is 2.63. The highest BCUT2D eigenvalue weighted by molar-refractivity contribution is 7.71. The van der Waals surface area contributed by atoms with Gasteiger partial charge < -0.3 is 15.0 Å². The third-order valence-electron chi connectivity index (χ3n) is 3.63. The first-order chi connectivity index (χ1) is 12.9. The van der Waals surface area contributed by atoms with Crippen molar-refractivity contribution in [2.75, 3.05) is 0 Å². The number of nitrogens with zero attached hydrogens (tertiary/aromatic N) is 2. The molecule has 2 N–H and O–H groups in total. The fraction of sp³-hybridized carbons (Fsp3) is 0. The number of carbonyl (C=O) groups is 1. The number of carboxylic acids is 1. The minimum absolute atomic E-state index is 0.0786. The van der Waals surface area contributed by atoms with Crippen LogP contribution in [0.15, 0.2) is 58.3 Å². The van der Waals surface area contributed by atoms with Gasteiger partial charge in [0.25, 0.3) is 5.56 Å². The number of nitrogens with one attached hydrogen (secondary N) is 1. The molecule has 0 unspecified atom stereocenters. The molecule has 0 atom stereocenters. The Bertz CT molecular complexity index is 1170. The molecule has 0 saturated carbocycles. The number of aliphatic imine (C=N–C) groups is 1. The maximum absolute atomic E-state index is 13.1. The van der Waals surface area contributed by atoms with Crippen molar-refractivity contribution in [3.05, 3.63) is 80.6 Å². The summed E-state index contributed by atoms with van der Waals surface area (Å²) in [6, 6.07) is 10.7. The van der Waals surface area contributed by atoms with Crippen LogP contribution in [0.25, 0.3) is 5.69 Å². The molecule has 0 aliphatic rings. The zero-order chi connectivity index (χ0) is 19.6. The molecule has 3 aromatic rings. The highest BCUT2D eigenvalue weighted by atomic mass is 32.1. The summed E-state index contributed by atoms with van der Waals surface area (Å²) < 4.78 is 14.2. The Labute approximate surface area is 156 Å². The van der Waals surface area contributed by atoms with Gasteiger partial charge in [0.1, 0.15) is 11.4 Å². The molecule has 1 aromatic heterocycles. The van der Waals surface area contributed by atoms with Gasteiger partial charge in [-0.2, -0.15) is 0 Å². The summed E-state index contributed by atoms with van der Waals surface area (Å²) in [5.41, 5.74) is -0.387. The molecular formula is C18H11FN3O4S-. The summed E-state index contributed by atoms with van der Waals surface area (Å²) in [5.74, 6) is -2.32. The monoisotopic (exact) mass is 384 g/mol. The molecule has 0 saturated heterocycles. The van der Waals surface area contributed by atoms with Crippen LogP contribution in [0, 0.1) is 10.6 Å². The molecule has 0 aliphatic carbocycles. The van der Waals surface area contributed by atoms with E-state index in [1.807, 2.05) is 0 Å². The lowest BCUT2D eigenvalue weighted by Crippen LogP contribution is -2.21. The molecule has 27 heavy (non-hydrogen) atoms. The number of rotatable bonds is 4. The smallest absolute Gasteiger partial charge is 0.264 e. The Kier molecular flexibility index (Phi) is 4.95. The molecular weight excluding hydrogens is 373 g/mol. The topological polar surface area (TPSA) is 111 Å². The molecule has 0 aliphatic heterocycles. The van der Waals surface area contributed by atoms with E-state index in [-0.39, 0.29) is 21.6 Å². The first kappa shape index (κ1) is 18.2. The van der Waals surface area contributed by atoms with Crippen molar-refractivity contribution in [2.24, 2.45) is 4.99 Å². The van der Waals surface area contributed by atoms with Gasteiger partial charge >= 0.3 is 0 Å². The fourth-order valence-corrected chi connectivity index (χ4v) is 2.62. The Balaban J connectivity index is 2.09. The lowest BCUT2D eigenvalue weighted by Gasteiger charge is -2.11. The van der Waals surface area contributed by atoms with E-state index in [1.165, 1.54) is 48.5 Å². The van der Waals surface area contributed by atoms with Crippen LogP contribution in [0.4, 0.5) is 10.1 Å². The molecule has 7 nitrogen and oxygen atoms in total. The van der Waals surface area contributed by atoms with E-state index in [4.69, 9.17) is 12.2 Å². The van der Waals surface area contributed by atoms with Crippen molar-refractivity contribution in [3.63, 3.8) is 0 Å². The first-order valence-electron chi connectivity index (χ1n) is 7.56. The number of H-pyrrole nitrogens is 1. The third kappa shape index (κ3) is 3.82. The van der Waals surface area contributed by atoms with Crippen LogP contribution >= 0.6 is 12.2 Å². The number of hydrogen-bond acceptors (Lipinski definition) is 6. The summed E-state index contributed by atoms with van der Waals surface area (Å²) in [4.78, 5) is 29.5. The van der Waals surface area contributed by atoms with Gasteiger partial charge in [-0.25, -0.2) is 4.39 Å². The third-order valence-corrected chi connectivity index (χ3v) is 3.91. The number of halogens is 1. The van der Waals surface area contributed by atoms with E-state index in [0.29, 0.717) is 5.69 Å². The van der Waals surface area contributed by atoms with Gasteiger partial charge in [0, 0.05) is 6.21 Å². The highest BCUT2D eigenvalue weighted by Crippen LogP contribution is 2.20. The number of hydrogen-bond donors (Lipinski definition) is 2. The van der Waals surface area contributed by atoms with Crippen LogP contribution in [0.5, 0.6) is 5.88 Å². The number of benzene rings is 2. The molecule has 0 bridgehead atoms. The Morgan fingerprint density at radius 3 is 2.63 bits per heavy atom. The molecule has 0 amide bonds. The molecule has 0 fully saturated rings. The predicted molar refractivity (Wildman–Crippen MR) is 96.9 cm³/mol. The number of aromatic nitrogens is 2. The summed E-state index contributed by atoms with van der Waals surface area (Å²) >= 11 is 5.06. The van der Waals surface area contributed by atoms with Gasteiger partial charge in [-0.05, 0) is 54.2 Å². The van der Waals surface area contributed by atoms with E-state index in [2.05, 4.69) is 9.98 Å². The van der Waals surface area contributed by atoms with Crippen molar-refractivity contribution in [1.82, 2.24) is 9.55 Å². The molecule has 136 valence electrons. The largest absolute Gasteiger partial charge is 0.545 e. The lowest BCUT2D eigenvalue weighted by molar-refractivity contribution is -0.255. The SMILES string of the molecule is O=C([O-])c1cccc(N=Cc2c(O)n(-c3ccc(F)cc3)c(=S)[nH]c2=O)c1. The van der Waals surface area contributed by atoms with E-state index < -0.39 is 23.2 Å². The second-order valence-electron chi connectivity index (χ2n) is 5.40. The van der Waals surface area contributed by atoms with Crippen molar-refractivity contribution < 1.29 is 19.4 Å². The van der Waals surface area contributed by atoms with Gasteiger partial charge in [-0.3, -0.25) is 19.3 Å². The van der Waals surface area contributed by atoms with E-state index in [9.17, 15) is 24.2 Å². The van der Waals surface area contributed by atoms with E-state index in [0.717, 1.165) is 10.8 Å². The Morgan fingerprint density at radius 2 is 1.96 bits per heavy atom. The summed E-state index contributed by atoms with van der Waals surface area (Å²) in [6.45, 7) is 0. The maximum atomic E-state index is 13.1. The standard InChI is InChI=1S/C18H12FN3O4S/c19-11-4-6-13(7-5-11)22-16(24)14(15(23)21-18(22)27)9-20-12-3-1-2-10(8-12)17(25)26/h1-9,24H,(H,25,26)(H,21,23,27)/p-1. The van der Waals surface area contributed by atoms with E-state index in [1.54, 1.807) is 0 Å². The van der Waals surface area contributed by atoms with Gasteiger partial charge in [0.2, 0.25) is 5.88 Å². The zero-order valence-electron chi connectivity index (χ0n) is 13.5. The molecule has 1 heterocycles. The summed E-state index contributed by atoms with van der Waals surface area (Å²) in [5, 5.41) is 21.4. The van der Waals surface area contributed by atoms with Crippen LogP contribution in [-0.4, -0.2) is 26.8 Å². The van der Waals surface area contributed by atoms with Crippen LogP contribution in [0.2, 0.25) is 0 Å². The van der Waals surface area contributed by atoms with Crippen LogP contribution < -0.4 is 10.7 Å². The van der Waals surface area contributed by atoms with Crippen LogP contribution in [0.1, 0.15) is 15.9 Å². The van der Waals surface area contributed by atoms with E-state index >= 15 is 0 Å². The zero-order valence-corrected chi connectivity index (χ0v) is 14.4. The number of aromatic amines is 1. The fourth-order valence-electron chi connectivity index (χ4n) is 2.34. The molecule has 2 aromatic carbocycles. The first-order valence-corrected chi connectivity index (χ1v) is 7.97. The number of carboxylic acid groups (broad SMARTS) is 1. The van der Waals surface area contributed by atoms with Gasteiger partial charge in [0.05, 0.1) is 17.3 Å². The molecule has 0 spiro atoms. The average molecular weight is 384 g/mol. The quantitative estimate of drug-likeness (QED) is 0.527. The minimum Gasteiger partial charge on any atom is -0.545 e. The Hall–Kier alpha value is -3.59. The summed E-state index contributed by atoms with van der Waals surface area (Å²) in [7, 11) is 0. The predicted octanol–water partition coefficient (Wildman–Crippen LogP) is 1.85. The van der Waals surface area contributed by atoms with Crippen molar-refractivity contribution in [1.29, 1.82) is 0 Å². The minimum atomic E-state index is -1.36. The van der Waals surface area contributed by atoms with Gasteiger partial charge in [-0.1, -0.05) is 12.1 Å². The van der Waals surface area contributed by atoms with Crippen molar-refractivity contribution in [2.45, 2.75) is 0 Å². The summed E-state index contributed by atoms with van der Waals surface area (Å²) in [6.07, 6.45) is 1.08. The Morgan fingerprint density at radius 1 is 1.26 bits per heavy atom. The molecule has 3 rings (SSSR count). The van der Waals surface area contributed by atoms with Crippen LogP contribution in [-0.2, 0) is 0 Å². The molecule has 0 radical (unpaired) electrons. The van der Waals surface area contributed by atoms with Gasteiger partial charge in [0.15, 0.2) is 4.77 Å². The molecule has 9 heteroatoms. The lowest BCUT2D eigenvalue weighted by atomic mass is 10.2. The number of carbonyl (C=O) groups excluding carboxylic acids is 1. The maximum Gasteiger partial charge on any atom is 0.264 e. The van der Waals surface area contributed by atoms with Gasteiger partial charge in [-0.15, -0.1) is 0 Å². The number of aromatic hydroxyl groups is 1. The number of aromatic carboxylic acids is 1. The van der Waals surface area contributed by atoms with Crippen molar-refractivity contribution in [3.8, 4) is 11.6 Å². The normalized spacial score (nSPS) is 11.0. The van der Waals surface area contributed by atoms with Crippen LogP contribution in [0.3, 0.4) is 0 Å². The second-order valence-corrected chi connectivity index (χ2v) is 5.79. The van der Waals surface area contributed by atoms with Crippen molar-refractivity contribution >= 4 is 30.1 Å².